The van der Waals surface area contributed by atoms with Crippen molar-refractivity contribution >= 4 is 5.91 Å². The van der Waals surface area contributed by atoms with Gasteiger partial charge in [0.25, 0.3) is 0 Å². The van der Waals surface area contributed by atoms with E-state index in [9.17, 15) is 10.0 Å². The van der Waals surface area contributed by atoms with Crippen LogP contribution in [0.2, 0.25) is 0 Å². The Balaban J connectivity index is 2.11. The fraction of sp³-hybridized carbons (Fsp3) is 0.786. The van der Waals surface area contributed by atoms with Crippen LogP contribution in [0.1, 0.15) is 53.4 Å². The highest BCUT2D eigenvalue weighted by Gasteiger charge is 2.46. The van der Waals surface area contributed by atoms with Crippen molar-refractivity contribution in [2.45, 2.75) is 64.5 Å². The predicted octanol–water partition coefficient (Wildman–Crippen LogP) is 2.44. The van der Waals surface area contributed by atoms with E-state index in [1.165, 1.54) is 5.06 Å². The summed E-state index contributed by atoms with van der Waals surface area (Å²) in [4.78, 5) is 12.2. The van der Waals surface area contributed by atoms with Crippen molar-refractivity contribution in [3.05, 3.63) is 11.8 Å². The second-order valence-electron chi connectivity index (χ2n) is 6.55. The van der Waals surface area contributed by atoms with E-state index in [4.69, 9.17) is 0 Å². The van der Waals surface area contributed by atoms with E-state index in [-0.39, 0.29) is 11.8 Å². The summed E-state index contributed by atoms with van der Waals surface area (Å²) in [5, 5.41) is 14.5. The average molecular weight is 252 g/mol. The molecule has 0 atom stereocenters. The molecule has 1 aliphatic heterocycles. The summed E-state index contributed by atoms with van der Waals surface area (Å²) in [6.45, 7) is 7.71. The van der Waals surface area contributed by atoms with Crippen molar-refractivity contribution in [3.8, 4) is 0 Å². The van der Waals surface area contributed by atoms with Crippen LogP contribution >= 0.6 is 0 Å². The van der Waals surface area contributed by atoms with Crippen LogP contribution < -0.4 is 5.32 Å². The lowest BCUT2D eigenvalue weighted by Gasteiger charge is -2.36. The third kappa shape index (κ3) is 2.19. The summed E-state index contributed by atoms with van der Waals surface area (Å²) in [7, 11) is 0. The lowest BCUT2D eigenvalue weighted by atomic mass is 10.0. The Morgan fingerprint density at radius 1 is 1.33 bits per heavy atom. The molecule has 1 amide bonds. The Morgan fingerprint density at radius 3 is 2.33 bits per heavy atom. The predicted molar refractivity (Wildman–Crippen MR) is 70.0 cm³/mol. The van der Waals surface area contributed by atoms with Crippen molar-refractivity contribution in [1.29, 1.82) is 0 Å². The van der Waals surface area contributed by atoms with Crippen LogP contribution in [-0.2, 0) is 4.79 Å². The fourth-order valence-electron chi connectivity index (χ4n) is 3.04. The Kier molecular flexibility index (Phi) is 3.28. The maximum absolute atomic E-state index is 12.2. The van der Waals surface area contributed by atoms with Crippen molar-refractivity contribution in [3.63, 3.8) is 0 Å². The SMILES string of the molecule is CC1(C)C=C(NC(=O)C2CCCC2)C(C)(C)N1O. The van der Waals surface area contributed by atoms with Crippen LogP contribution in [0, 0.1) is 5.92 Å². The maximum atomic E-state index is 12.2. The molecule has 0 spiro atoms. The first-order valence-corrected chi connectivity index (χ1v) is 6.78. The molecule has 1 heterocycles. The fourth-order valence-corrected chi connectivity index (χ4v) is 3.04. The van der Waals surface area contributed by atoms with Crippen LogP contribution in [0.5, 0.6) is 0 Å². The highest BCUT2D eigenvalue weighted by Crippen LogP contribution is 2.37. The van der Waals surface area contributed by atoms with Gasteiger partial charge >= 0.3 is 0 Å². The molecule has 0 aromatic heterocycles. The number of carbonyl (C=O) groups excluding carboxylic acids is 1. The number of hydrogen-bond acceptors (Lipinski definition) is 3. The van der Waals surface area contributed by atoms with Gasteiger partial charge in [0.05, 0.1) is 11.1 Å². The standard InChI is InChI=1S/C14H24N2O2/c1-13(2)9-11(14(3,4)16(13)18)15-12(17)10-7-5-6-8-10/h9-10,18H,5-8H2,1-4H3,(H,15,17). The average Bonchev–Trinajstić information content (AvgIpc) is 2.83. The molecule has 102 valence electrons. The quantitative estimate of drug-likeness (QED) is 0.793. The van der Waals surface area contributed by atoms with Gasteiger partial charge in [-0.15, -0.1) is 0 Å². The van der Waals surface area contributed by atoms with Gasteiger partial charge in [-0.2, -0.15) is 5.06 Å². The molecule has 0 saturated heterocycles. The molecule has 1 aliphatic carbocycles. The van der Waals surface area contributed by atoms with Gasteiger partial charge in [0.1, 0.15) is 0 Å². The van der Waals surface area contributed by atoms with Gasteiger partial charge in [-0.3, -0.25) is 4.79 Å². The number of carbonyl (C=O) groups is 1. The van der Waals surface area contributed by atoms with Crippen molar-refractivity contribution in [2.75, 3.05) is 0 Å². The van der Waals surface area contributed by atoms with E-state index in [2.05, 4.69) is 5.32 Å². The third-order valence-corrected chi connectivity index (χ3v) is 4.22. The van der Waals surface area contributed by atoms with E-state index in [1.54, 1.807) is 0 Å². The van der Waals surface area contributed by atoms with Gasteiger partial charge in [0.15, 0.2) is 0 Å². The highest BCUT2D eigenvalue weighted by molar-refractivity contribution is 5.81. The lowest BCUT2D eigenvalue weighted by molar-refractivity contribution is -0.186. The number of nitrogens with one attached hydrogen (secondary N) is 1. The summed E-state index contributed by atoms with van der Waals surface area (Å²) in [6.07, 6.45) is 6.23. The first-order chi connectivity index (χ1) is 8.25. The first kappa shape index (κ1) is 13.6. The van der Waals surface area contributed by atoms with Gasteiger partial charge in [-0.05, 0) is 46.6 Å². The van der Waals surface area contributed by atoms with Crippen LogP contribution in [0.3, 0.4) is 0 Å². The molecule has 2 N–H and O–H groups in total. The van der Waals surface area contributed by atoms with E-state index in [0.717, 1.165) is 31.4 Å². The number of nitrogens with zero attached hydrogens (tertiary/aromatic N) is 1. The summed E-state index contributed by atoms with van der Waals surface area (Å²) < 4.78 is 0. The van der Waals surface area contributed by atoms with Crippen LogP contribution in [0.15, 0.2) is 11.8 Å². The van der Waals surface area contributed by atoms with Gasteiger partial charge in [0.2, 0.25) is 5.91 Å². The van der Waals surface area contributed by atoms with E-state index in [0.29, 0.717) is 0 Å². The molecule has 0 radical (unpaired) electrons. The van der Waals surface area contributed by atoms with Gasteiger partial charge < -0.3 is 10.5 Å². The Morgan fingerprint density at radius 2 is 1.89 bits per heavy atom. The molecule has 0 unspecified atom stereocenters. The van der Waals surface area contributed by atoms with E-state index < -0.39 is 11.1 Å². The number of rotatable bonds is 2. The normalized spacial score (nSPS) is 27.3. The lowest BCUT2D eigenvalue weighted by Crippen LogP contribution is -2.50. The maximum Gasteiger partial charge on any atom is 0.227 e. The zero-order valence-corrected chi connectivity index (χ0v) is 11.8. The highest BCUT2D eigenvalue weighted by atomic mass is 16.5. The molecule has 0 bridgehead atoms. The summed E-state index contributed by atoms with van der Waals surface area (Å²) >= 11 is 0. The molecule has 2 aliphatic rings. The second-order valence-corrected chi connectivity index (χ2v) is 6.55. The number of hydrogen-bond donors (Lipinski definition) is 2. The molecule has 1 fully saturated rings. The summed E-state index contributed by atoms with van der Waals surface area (Å²) in [6, 6.07) is 0. The Hall–Kier alpha value is -0.870. The minimum atomic E-state index is -0.544. The van der Waals surface area contributed by atoms with Crippen molar-refractivity contribution in [1.82, 2.24) is 10.4 Å². The summed E-state index contributed by atoms with van der Waals surface area (Å²) in [5.41, 5.74) is -0.175. The van der Waals surface area contributed by atoms with Crippen molar-refractivity contribution in [2.24, 2.45) is 5.92 Å². The molecule has 2 rings (SSSR count). The van der Waals surface area contributed by atoms with Crippen LogP contribution in [0.4, 0.5) is 0 Å². The topological polar surface area (TPSA) is 52.6 Å². The zero-order valence-electron chi connectivity index (χ0n) is 11.8. The van der Waals surface area contributed by atoms with Gasteiger partial charge in [0, 0.05) is 11.6 Å². The van der Waals surface area contributed by atoms with E-state index >= 15 is 0 Å². The molecule has 0 aromatic carbocycles. The number of amides is 1. The minimum absolute atomic E-state index is 0.109. The van der Waals surface area contributed by atoms with Gasteiger partial charge in [-0.1, -0.05) is 12.8 Å². The molecular weight excluding hydrogens is 228 g/mol. The third-order valence-electron chi connectivity index (χ3n) is 4.22. The smallest absolute Gasteiger partial charge is 0.227 e. The van der Waals surface area contributed by atoms with Crippen LogP contribution in [0.25, 0.3) is 0 Å². The molecule has 4 heteroatoms. The monoisotopic (exact) mass is 252 g/mol. The zero-order chi connectivity index (χ0) is 13.6. The van der Waals surface area contributed by atoms with Crippen LogP contribution in [-0.4, -0.2) is 27.3 Å². The first-order valence-electron chi connectivity index (χ1n) is 6.78. The van der Waals surface area contributed by atoms with E-state index in [1.807, 2.05) is 33.8 Å². The molecule has 4 nitrogen and oxygen atoms in total. The van der Waals surface area contributed by atoms with Gasteiger partial charge in [-0.25, -0.2) is 0 Å². The number of hydroxylamine groups is 2. The largest absolute Gasteiger partial charge is 0.328 e. The Labute approximate surface area is 109 Å². The molecular formula is C14H24N2O2. The Bertz CT molecular complexity index is 379. The van der Waals surface area contributed by atoms with Crippen molar-refractivity contribution < 1.29 is 10.0 Å². The minimum Gasteiger partial charge on any atom is -0.328 e. The second kappa shape index (κ2) is 4.35. The molecule has 0 aromatic rings. The molecule has 1 saturated carbocycles. The molecule has 18 heavy (non-hydrogen) atoms. The summed E-state index contributed by atoms with van der Waals surface area (Å²) in [5.74, 6) is 0.260.